The number of aromatic nitrogens is 3. The largest absolute Gasteiger partial charge is 0.485 e. The monoisotopic (exact) mass is 428 g/mol. The van der Waals surface area contributed by atoms with Crippen LogP contribution in [-0.4, -0.2) is 50.5 Å². The van der Waals surface area contributed by atoms with Crippen LogP contribution in [-0.2, 0) is 11.3 Å². The maximum Gasteiger partial charge on any atom is 0.235 e. The number of para-hydroxylation sites is 2. The molecular weight excluding hydrogens is 400 g/mol. The van der Waals surface area contributed by atoms with E-state index in [1.165, 1.54) is 24.6 Å². The van der Waals surface area contributed by atoms with E-state index in [0.29, 0.717) is 29.9 Å². The number of nitrogens with zero attached hydrogens (tertiary/aromatic N) is 4. The summed E-state index contributed by atoms with van der Waals surface area (Å²) in [5.74, 6) is 2.28. The molecule has 0 bridgehead atoms. The smallest absolute Gasteiger partial charge is 0.235 e. The first kappa shape index (κ1) is 20.8. The van der Waals surface area contributed by atoms with E-state index in [0.717, 1.165) is 31.7 Å². The lowest BCUT2D eigenvalue weighted by molar-refractivity contribution is -0.130. The molecule has 7 nitrogen and oxygen atoms in total. The van der Waals surface area contributed by atoms with Crippen LogP contribution >= 0.6 is 11.8 Å². The number of thioether (sulfide) groups is 1. The van der Waals surface area contributed by atoms with E-state index in [2.05, 4.69) is 16.8 Å². The molecule has 1 saturated heterocycles. The zero-order valence-electron chi connectivity index (χ0n) is 17.3. The second kappa shape index (κ2) is 9.55. The van der Waals surface area contributed by atoms with Crippen LogP contribution < -0.4 is 9.47 Å². The predicted molar refractivity (Wildman–Crippen MR) is 116 cm³/mol. The van der Waals surface area contributed by atoms with Gasteiger partial charge in [0.2, 0.25) is 5.91 Å². The van der Waals surface area contributed by atoms with Crippen molar-refractivity contribution < 1.29 is 14.3 Å². The Labute approximate surface area is 181 Å². The molecular formula is C22H28N4O3S. The molecule has 2 aliphatic heterocycles. The van der Waals surface area contributed by atoms with Crippen molar-refractivity contribution in [3.63, 3.8) is 0 Å². The first-order valence-electron chi connectivity index (χ1n) is 10.6. The highest BCUT2D eigenvalue weighted by atomic mass is 32.2. The summed E-state index contributed by atoms with van der Waals surface area (Å²) in [7, 11) is 0. The van der Waals surface area contributed by atoms with Gasteiger partial charge in [0.05, 0.1) is 5.25 Å². The second-order valence-electron chi connectivity index (χ2n) is 7.60. The van der Waals surface area contributed by atoms with Crippen molar-refractivity contribution in [3.05, 3.63) is 42.7 Å². The standard InChI is InChI=1S/C22H28N4O3S/c1-3-12-26-20(19-15-28-17-10-6-7-11-18(17)29-19)23-24-22(26)30-16(2)21(27)25-13-8-4-5-9-14-25/h3,6-7,10-11,16,19H,1,4-5,8-9,12-15H2,2H3/t16-,19+/m0/s1. The Bertz CT molecular complexity index is 892. The SMILES string of the molecule is C=CCn1c(S[C@@H](C)C(=O)N2CCCCCC2)nnc1[C@H]1COc2ccccc2O1. The van der Waals surface area contributed by atoms with Crippen molar-refractivity contribution >= 4 is 17.7 Å². The molecule has 30 heavy (non-hydrogen) atoms. The van der Waals surface area contributed by atoms with Gasteiger partial charge in [-0.1, -0.05) is 42.8 Å². The maximum absolute atomic E-state index is 13.0. The third kappa shape index (κ3) is 4.48. The van der Waals surface area contributed by atoms with Crippen LogP contribution in [0, 0.1) is 0 Å². The third-order valence-electron chi connectivity index (χ3n) is 5.40. The summed E-state index contributed by atoms with van der Waals surface area (Å²) in [5.41, 5.74) is 0. The molecule has 0 saturated carbocycles. The molecule has 1 fully saturated rings. The van der Waals surface area contributed by atoms with Crippen molar-refractivity contribution in [2.75, 3.05) is 19.7 Å². The van der Waals surface area contributed by atoms with E-state index in [1.807, 2.05) is 40.7 Å². The van der Waals surface area contributed by atoms with Gasteiger partial charge in [-0.2, -0.15) is 0 Å². The molecule has 0 unspecified atom stereocenters. The van der Waals surface area contributed by atoms with Gasteiger partial charge in [0.25, 0.3) is 0 Å². The molecule has 2 atom stereocenters. The highest BCUT2D eigenvalue weighted by Gasteiger charge is 2.30. The lowest BCUT2D eigenvalue weighted by atomic mass is 10.2. The van der Waals surface area contributed by atoms with E-state index in [9.17, 15) is 4.79 Å². The number of hydrogen-bond acceptors (Lipinski definition) is 6. The molecule has 160 valence electrons. The lowest BCUT2D eigenvalue weighted by Crippen LogP contribution is -2.37. The van der Waals surface area contributed by atoms with Gasteiger partial charge in [0.1, 0.15) is 6.61 Å². The van der Waals surface area contributed by atoms with Crippen molar-refractivity contribution in [1.82, 2.24) is 19.7 Å². The molecule has 0 radical (unpaired) electrons. The van der Waals surface area contributed by atoms with Crippen LogP contribution in [0.5, 0.6) is 11.5 Å². The molecule has 0 aliphatic carbocycles. The van der Waals surface area contributed by atoms with E-state index in [4.69, 9.17) is 9.47 Å². The number of carbonyl (C=O) groups excluding carboxylic acids is 1. The van der Waals surface area contributed by atoms with E-state index >= 15 is 0 Å². The van der Waals surface area contributed by atoms with Crippen molar-refractivity contribution in [2.45, 2.75) is 55.7 Å². The molecule has 1 amide bonds. The Morgan fingerprint density at radius 3 is 2.70 bits per heavy atom. The minimum Gasteiger partial charge on any atom is -0.485 e. The fourth-order valence-corrected chi connectivity index (χ4v) is 4.78. The van der Waals surface area contributed by atoms with Crippen LogP contribution in [0.2, 0.25) is 0 Å². The van der Waals surface area contributed by atoms with Crippen LogP contribution in [0.15, 0.2) is 42.1 Å². The number of likely N-dealkylation sites (tertiary alicyclic amines) is 1. The zero-order valence-corrected chi connectivity index (χ0v) is 18.1. The molecule has 1 aromatic carbocycles. The summed E-state index contributed by atoms with van der Waals surface area (Å²) in [6.45, 7) is 8.40. The molecule has 2 aromatic rings. The van der Waals surface area contributed by atoms with Crippen molar-refractivity contribution in [2.24, 2.45) is 0 Å². The number of rotatable bonds is 6. The Morgan fingerprint density at radius 2 is 1.97 bits per heavy atom. The van der Waals surface area contributed by atoms with Gasteiger partial charge in [-0.05, 0) is 31.9 Å². The van der Waals surface area contributed by atoms with Crippen LogP contribution in [0.3, 0.4) is 0 Å². The predicted octanol–water partition coefficient (Wildman–Crippen LogP) is 3.86. The van der Waals surface area contributed by atoms with Crippen LogP contribution in [0.25, 0.3) is 0 Å². The quantitative estimate of drug-likeness (QED) is 0.514. The Balaban J connectivity index is 1.50. The minimum atomic E-state index is -0.363. The fraction of sp³-hybridized carbons (Fsp3) is 0.500. The van der Waals surface area contributed by atoms with Crippen molar-refractivity contribution in [1.29, 1.82) is 0 Å². The summed E-state index contributed by atoms with van der Waals surface area (Å²) >= 11 is 1.44. The second-order valence-corrected chi connectivity index (χ2v) is 8.91. The van der Waals surface area contributed by atoms with Crippen LogP contribution in [0.1, 0.15) is 44.5 Å². The number of ether oxygens (including phenoxy) is 2. The average molecular weight is 429 g/mol. The first-order valence-corrected chi connectivity index (χ1v) is 11.4. The van der Waals surface area contributed by atoms with Gasteiger partial charge in [0, 0.05) is 19.6 Å². The minimum absolute atomic E-state index is 0.169. The van der Waals surface area contributed by atoms with E-state index in [-0.39, 0.29) is 17.3 Å². The Kier molecular flexibility index (Phi) is 6.62. The highest BCUT2D eigenvalue weighted by Crippen LogP contribution is 2.36. The molecule has 3 heterocycles. The number of benzene rings is 1. The van der Waals surface area contributed by atoms with E-state index in [1.54, 1.807) is 6.08 Å². The molecule has 1 aromatic heterocycles. The normalized spacial score (nSPS) is 19.8. The highest BCUT2D eigenvalue weighted by molar-refractivity contribution is 8.00. The zero-order chi connectivity index (χ0) is 20.9. The van der Waals surface area contributed by atoms with Gasteiger partial charge >= 0.3 is 0 Å². The number of allylic oxidation sites excluding steroid dienone is 1. The first-order chi connectivity index (χ1) is 14.7. The fourth-order valence-electron chi connectivity index (χ4n) is 3.83. The molecule has 2 aliphatic rings. The van der Waals surface area contributed by atoms with Crippen molar-refractivity contribution in [3.8, 4) is 11.5 Å². The summed E-state index contributed by atoms with van der Waals surface area (Å²) in [6, 6.07) is 7.60. The number of amides is 1. The topological polar surface area (TPSA) is 69.5 Å². The summed E-state index contributed by atoms with van der Waals surface area (Å²) in [4.78, 5) is 14.9. The molecule has 4 rings (SSSR count). The number of fused-ring (bicyclic) bond motifs is 1. The lowest BCUT2D eigenvalue weighted by Gasteiger charge is -2.26. The Morgan fingerprint density at radius 1 is 1.23 bits per heavy atom. The van der Waals surface area contributed by atoms with Gasteiger partial charge < -0.3 is 14.4 Å². The number of carbonyl (C=O) groups is 1. The number of hydrogen-bond donors (Lipinski definition) is 0. The molecule has 0 spiro atoms. The maximum atomic E-state index is 13.0. The average Bonchev–Trinajstić information content (AvgIpc) is 2.98. The van der Waals surface area contributed by atoms with Gasteiger partial charge in [-0.25, -0.2) is 0 Å². The molecule has 0 N–H and O–H groups in total. The summed E-state index contributed by atoms with van der Waals surface area (Å²) in [6.07, 6.45) is 6.01. The van der Waals surface area contributed by atoms with Gasteiger partial charge in [-0.15, -0.1) is 16.8 Å². The summed E-state index contributed by atoms with van der Waals surface area (Å²) < 4.78 is 13.9. The summed E-state index contributed by atoms with van der Waals surface area (Å²) in [5, 5.41) is 9.23. The van der Waals surface area contributed by atoms with Gasteiger partial charge in [-0.3, -0.25) is 9.36 Å². The molecule has 8 heteroatoms. The van der Waals surface area contributed by atoms with E-state index < -0.39 is 0 Å². The Hall–Kier alpha value is -2.48. The van der Waals surface area contributed by atoms with Gasteiger partial charge in [0.15, 0.2) is 28.6 Å². The third-order valence-corrected chi connectivity index (χ3v) is 6.47. The van der Waals surface area contributed by atoms with Crippen LogP contribution in [0.4, 0.5) is 0 Å².